The van der Waals surface area contributed by atoms with Gasteiger partial charge in [0.1, 0.15) is 12.7 Å². The van der Waals surface area contributed by atoms with Gasteiger partial charge in [-0.1, -0.05) is 36.4 Å². The summed E-state index contributed by atoms with van der Waals surface area (Å²) in [6.45, 7) is 1.02. The lowest BCUT2D eigenvalue weighted by atomic mass is 9.90. The lowest BCUT2D eigenvalue weighted by Gasteiger charge is -2.27. The Morgan fingerprint density at radius 2 is 1.90 bits per heavy atom. The van der Waals surface area contributed by atoms with Gasteiger partial charge in [-0.2, -0.15) is 5.10 Å². The molecule has 1 aliphatic rings. The summed E-state index contributed by atoms with van der Waals surface area (Å²) in [4.78, 5) is 3.98. The molecule has 2 heterocycles. The molecule has 0 saturated carbocycles. The van der Waals surface area contributed by atoms with Crippen molar-refractivity contribution in [2.75, 3.05) is 6.54 Å². The van der Waals surface area contributed by atoms with Gasteiger partial charge in [-0.15, -0.1) is 0 Å². The third-order valence-corrected chi connectivity index (χ3v) is 4.02. The van der Waals surface area contributed by atoms with Gasteiger partial charge in [-0.05, 0) is 35.2 Å². The molecule has 0 aliphatic carbocycles. The second-order valence-corrected chi connectivity index (χ2v) is 5.27. The quantitative estimate of drug-likeness (QED) is 0.782. The van der Waals surface area contributed by atoms with Crippen LogP contribution in [0.25, 0.3) is 5.69 Å². The van der Waals surface area contributed by atoms with Crippen LogP contribution < -0.4 is 5.32 Å². The summed E-state index contributed by atoms with van der Waals surface area (Å²) in [6, 6.07) is 17.5. The maximum atomic E-state index is 4.15. The Morgan fingerprint density at radius 1 is 1.05 bits per heavy atom. The highest BCUT2D eigenvalue weighted by Gasteiger charge is 2.20. The van der Waals surface area contributed by atoms with Crippen LogP contribution in [-0.2, 0) is 6.42 Å². The van der Waals surface area contributed by atoms with E-state index in [1.165, 1.54) is 16.7 Å². The van der Waals surface area contributed by atoms with Crippen molar-refractivity contribution in [1.29, 1.82) is 0 Å². The monoisotopic (exact) mass is 276 g/mol. The normalized spacial score (nSPS) is 17.4. The van der Waals surface area contributed by atoms with Crippen molar-refractivity contribution in [3.05, 3.63) is 77.9 Å². The third kappa shape index (κ3) is 2.23. The summed E-state index contributed by atoms with van der Waals surface area (Å²) in [6.07, 6.45) is 4.36. The summed E-state index contributed by atoms with van der Waals surface area (Å²) >= 11 is 0. The molecule has 0 fully saturated rings. The zero-order chi connectivity index (χ0) is 14.1. The van der Waals surface area contributed by atoms with Crippen molar-refractivity contribution in [2.45, 2.75) is 12.5 Å². The lowest BCUT2D eigenvalue weighted by molar-refractivity contribution is 0.568. The van der Waals surface area contributed by atoms with Crippen molar-refractivity contribution < 1.29 is 0 Å². The minimum absolute atomic E-state index is 0.278. The number of hydrogen-bond acceptors (Lipinski definition) is 3. The Bertz CT molecular complexity index is 732. The van der Waals surface area contributed by atoms with Gasteiger partial charge in [0, 0.05) is 6.54 Å². The van der Waals surface area contributed by atoms with Gasteiger partial charge in [0.15, 0.2) is 0 Å². The van der Waals surface area contributed by atoms with Gasteiger partial charge < -0.3 is 5.32 Å². The molecule has 1 atom stereocenters. The van der Waals surface area contributed by atoms with E-state index >= 15 is 0 Å². The Balaban J connectivity index is 1.69. The average Bonchev–Trinajstić information content (AvgIpc) is 3.09. The molecular formula is C17H16N4. The van der Waals surface area contributed by atoms with Crippen LogP contribution >= 0.6 is 0 Å². The number of hydrogen-bond donors (Lipinski definition) is 1. The SMILES string of the molecule is c1ccc2c(c1)CCNC2c1ccc(-n2cncn2)cc1. The minimum Gasteiger partial charge on any atom is -0.306 e. The molecule has 0 spiro atoms. The highest BCUT2D eigenvalue weighted by atomic mass is 15.3. The predicted molar refractivity (Wildman–Crippen MR) is 81.4 cm³/mol. The van der Waals surface area contributed by atoms with Crippen LogP contribution in [0.3, 0.4) is 0 Å². The number of aromatic nitrogens is 3. The number of benzene rings is 2. The Morgan fingerprint density at radius 3 is 2.71 bits per heavy atom. The van der Waals surface area contributed by atoms with Crippen LogP contribution in [0.5, 0.6) is 0 Å². The number of rotatable bonds is 2. The molecule has 1 unspecified atom stereocenters. The fourth-order valence-electron chi connectivity index (χ4n) is 2.96. The fourth-order valence-corrected chi connectivity index (χ4v) is 2.96. The highest BCUT2D eigenvalue weighted by Crippen LogP contribution is 2.28. The highest BCUT2D eigenvalue weighted by molar-refractivity contribution is 5.42. The van der Waals surface area contributed by atoms with Crippen molar-refractivity contribution in [2.24, 2.45) is 0 Å². The van der Waals surface area contributed by atoms with Crippen LogP contribution in [0.15, 0.2) is 61.2 Å². The predicted octanol–water partition coefficient (Wildman–Crippen LogP) is 2.50. The first-order chi connectivity index (χ1) is 10.4. The molecule has 104 valence electrons. The first-order valence-corrected chi connectivity index (χ1v) is 7.18. The van der Waals surface area contributed by atoms with Gasteiger partial charge in [0.25, 0.3) is 0 Å². The van der Waals surface area contributed by atoms with E-state index < -0.39 is 0 Å². The minimum atomic E-state index is 0.278. The summed E-state index contributed by atoms with van der Waals surface area (Å²) in [5.41, 5.74) is 5.14. The Hall–Kier alpha value is -2.46. The second kappa shape index (κ2) is 5.14. The third-order valence-electron chi connectivity index (χ3n) is 4.02. The molecule has 0 radical (unpaired) electrons. The van der Waals surface area contributed by atoms with Crippen molar-refractivity contribution in [1.82, 2.24) is 20.1 Å². The van der Waals surface area contributed by atoms with Gasteiger partial charge in [-0.25, -0.2) is 9.67 Å². The molecule has 0 saturated heterocycles. The zero-order valence-electron chi connectivity index (χ0n) is 11.6. The van der Waals surface area contributed by atoms with E-state index in [9.17, 15) is 0 Å². The molecule has 4 nitrogen and oxygen atoms in total. The standard InChI is InChI=1S/C17H16N4/c1-2-4-16-13(3-1)9-10-19-17(16)14-5-7-15(8-6-14)21-12-18-11-20-21/h1-8,11-12,17,19H,9-10H2. The molecule has 3 aromatic rings. The van der Waals surface area contributed by atoms with Crippen molar-refractivity contribution >= 4 is 0 Å². The van der Waals surface area contributed by atoms with Gasteiger partial charge in [0.2, 0.25) is 0 Å². The maximum Gasteiger partial charge on any atom is 0.138 e. The molecule has 1 N–H and O–H groups in total. The van der Waals surface area contributed by atoms with Crippen LogP contribution in [0.4, 0.5) is 0 Å². The van der Waals surface area contributed by atoms with E-state index in [-0.39, 0.29) is 6.04 Å². The summed E-state index contributed by atoms with van der Waals surface area (Å²) < 4.78 is 1.77. The van der Waals surface area contributed by atoms with Crippen LogP contribution in [0.1, 0.15) is 22.7 Å². The average molecular weight is 276 g/mol. The van der Waals surface area contributed by atoms with Crippen molar-refractivity contribution in [3.63, 3.8) is 0 Å². The van der Waals surface area contributed by atoms with Crippen LogP contribution in [0, 0.1) is 0 Å². The molecule has 0 amide bonds. The van der Waals surface area contributed by atoms with Gasteiger partial charge >= 0.3 is 0 Å². The Labute approximate surface area is 123 Å². The molecule has 0 bridgehead atoms. The number of nitrogens with one attached hydrogen (secondary N) is 1. The largest absolute Gasteiger partial charge is 0.306 e. The van der Waals surface area contributed by atoms with E-state index in [0.717, 1.165) is 18.7 Å². The maximum absolute atomic E-state index is 4.15. The first kappa shape index (κ1) is 12.3. The Kier molecular flexibility index (Phi) is 3.01. The van der Waals surface area contributed by atoms with E-state index in [0.29, 0.717) is 0 Å². The molecule has 2 aromatic carbocycles. The molecular weight excluding hydrogens is 260 g/mol. The smallest absolute Gasteiger partial charge is 0.138 e. The lowest BCUT2D eigenvalue weighted by Crippen LogP contribution is -2.30. The van der Waals surface area contributed by atoms with Gasteiger partial charge in [-0.3, -0.25) is 0 Å². The second-order valence-electron chi connectivity index (χ2n) is 5.27. The fraction of sp³-hybridized carbons (Fsp3) is 0.176. The molecule has 21 heavy (non-hydrogen) atoms. The zero-order valence-corrected chi connectivity index (χ0v) is 11.6. The van der Waals surface area contributed by atoms with Crippen LogP contribution in [0.2, 0.25) is 0 Å². The van der Waals surface area contributed by atoms with Gasteiger partial charge in [0.05, 0.1) is 11.7 Å². The summed E-state index contributed by atoms with van der Waals surface area (Å²) in [5, 5.41) is 7.77. The van der Waals surface area contributed by atoms with E-state index in [1.807, 2.05) is 0 Å². The number of nitrogens with zero attached hydrogens (tertiary/aromatic N) is 3. The summed E-state index contributed by atoms with van der Waals surface area (Å²) in [5.74, 6) is 0. The number of fused-ring (bicyclic) bond motifs is 1. The topological polar surface area (TPSA) is 42.7 Å². The summed E-state index contributed by atoms with van der Waals surface area (Å²) in [7, 11) is 0. The molecule has 1 aromatic heterocycles. The molecule has 4 rings (SSSR count). The van der Waals surface area contributed by atoms with Crippen molar-refractivity contribution in [3.8, 4) is 5.69 Å². The van der Waals surface area contributed by atoms with E-state index in [4.69, 9.17) is 0 Å². The molecule has 1 aliphatic heterocycles. The van der Waals surface area contributed by atoms with Crippen LogP contribution in [-0.4, -0.2) is 21.3 Å². The van der Waals surface area contributed by atoms with E-state index in [1.54, 1.807) is 17.3 Å². The van der Waals surface area contributed by atoms with E-state index in [2.05, 4.69) is 63.9 Å². The molecule has 4 heteroatoms. The first-order valence-electron chi connectivity index (χ1n) is 7.18.